The Kier molecular flexibility index (Phi) is 6.72. The highest BCUT2D eigenvalue weighted by Gasteiger charge is 2.14. The van der Waals surface area contributed by atoms with Crippen LogP contribution in [0.3, 0.4) is 0 Å². The minimum Gasteiger partial charge on any atom is -0.493 e. The van der Waals surface area contributed by atoms with Crippen LogP contribution in [0, 0.1) is 10.1 Å². The van der Waals surface area contributed by atoms with Crippen LogP contribution in [-0.4, -0.2) is 29.7 Å². The molecule has 0 aromatic heterocycles. The standard InChI is InChI=1S/C17H13F2NO6S/c1-25-14-8-10(2-7-13(14)26-17(18)19)9-15(16(21)22)27-12-5-3-11(4-6-12)20(23)24/h2-9,17H,1H3,(H,21,22)/b15-9+. The summed E-state index contributed by atoms with van der Waals surface area (Å²) in [5.41, 5.74) is 0.278. The van der Waals surface area contributed by atoms with Gasteiger partial charge in [-0.15, -0.1) is 0 Å². The van der Waals surface area contributed by atoms with E-state index in [9.17, 15) is 28.8 Å². The number of ether oxygens (including phenoxy) is 2. The van der Waals surface area contributed by atoms with E-state index in [1.54, 1.807) is 0 Å². The molecule has 2 aromatic carbocycles. The Labute approximate surface area is 156 Å². The maximum absolute atomic E-state index is 12.4. The first-order chi connectivity index (χ1) is 12.8. The van der Waals surface area contributed by atoms with Crippen LogP contribution in [0.1, 0.15) is 5.56 Å². The Morgan fingerprint density at radius 3 is 2.41 bits per heavy atom. The van der Waals surface area contributed by atoms with Gasteiger partial charge in [-0.3, -0.25) is 10.1 Å². The number of halogens is 2. The Hall–Kier alpha value is -3.14. The molecule has 7 nitrogen and oxygen atoms in total. The highest BCUT2D eigenvalue weighted by molar-refractivity contribution is 8.04. The fourth-order valence-electron chi connectivity index (χ4n) is 2.02. The molecule has 0 aliphatic heterocycles. The van der Waals surface area contributed by atoms with Gasteiger partial charge in [-0.05, 0) is 35.9 Å². The number of hydrogen-bond acceptors (Lipinski definition) is 6. The number of aliphatic carboxylic acids is 1. The van der Waals surface area contributed by atoms with Crippen LogP contribution in [0.15, 0.2) is 52.3 Å². The fraction of sp³-hybridized carbons (Fsp3) is 0.118. The summed E-state index contributed by atoms with van der Waals surface area (Å²) in [7, 11) is 1.27. The zero-order valence-corrected chi connectivity index (χ0v) is 14.6. The first-order valence-electron chi connectivity index (χ1n) is 7.30. The van der Waals surface area contributed by atoms with Crippen LogP contribution in [-0.2, 0) is 4.79 Å². The number of alkyl halides is 2. The van der Waals surface area contributed by atoms with Crippen molar-refractivity contribution < 1.29 is 33.1 Å². The fourth-order valence-corrected chi connectivity index (χ4v) is 2.82. The van der Waals surface area contributed by atoms with Crippen molar-refractivity contribution in [3.8, 4) is 11.5 Å². The van der Waals surface area contributed by atoms with Gasteiger partial charge in [0.05, 0.1) is 16.9 Å². The van der Waals surface area contributed by atoms with Gasteiger partial charge in [0.1, 0.15) is 0 Å². The summed E-state index contributed by atoms with van der Waals surface area (Å²) >= 11 is 0.887. The molecule has 0 aliphatic rings. The van der Waals surface area contributed by atoms with Gasteiger partial charge in [-0.1, -0.05) is 17.8 Å². The average Bonchev–Trinajstić information content (AvgIpc) is 2.62. The number of thioether (sulfide) groups is 1. The molecule has 1 N–H and O–H groups in total. The number of carboxylic acids is 1. The topological polar surface area (TPSA) is 98.9 Å². The highest BCUT2D eigenvalue weighted by Crippen LogP contribution is 2.33. The number of carbonyl (C=O) groups is 1. The summed E-state index contributed by atoms with van der Waals surface area (Å²) in [4.78, 5) is 22.0. The second kappa shape index (κ2) is 8.99. The van der Waals surface area contributed by atoms with Crippen LogP contribution in [0.4, 0.5) is 14.5 Å². The van der Waals surface area contributed by atoms with Crippen LogP contribution >= 0.6 is 11.8 Å². The summed E-state index contributed by atoms with van der Waals surface area (Å²) in [5, 5.41) is 20.0. The predicted octanol–water partition coefficient (Wildman–Crippen LogP) is 4.42. The van der Waals surface area contributed by atoms with Gasteiger partial charge in [-0.25, -0.2) is 4.79 Å². The second-order valence-corrected chi connectivity index (χ2v) is 6.07. The van der Waals surface area contributed by atoms with Gasteiger partial charge in [0.15, 0.2) is 11.5 Å². The van der Waals surface area contributed by atoms with Crippen molar-refractivity contribution in [1.82, 2.24) is 0 Å². The summed E-state index contributed by atoms with van der Waals surface area (Å²) in [5.74, 6) is -1.37. The third-order valence-electron chi connectivity index (χ3n) is 3.19. The third-order valence-corrected chi connectivity index (χ3v) is 4.21. The first kappa shape index (κ1) is 20.2. The number of non-ortho nitro benzene ring substituents is 1. The van der Waals surface area contributed by atoms with E-state index < -0.39 is 17.5 Å². The number of hydrogen-bond donors (Lipinski definition) is 1. The van der Waals surface area contributed by atoms with Crippen molar-refractivity contribution in [2.75, 3.05) is 7.11 Å². The third kappa shape index (κ3) is 5.68. The average molecular weight is 397 g/mol. The number of carboxylic acid groups (broad SMARTS) is 1. The lowest BCUT2D eigenvalue weighted by molar-refractivity contribution is -0.384. The van der Waals surface area contributed by atoms with E-state index in [1.807, 2.05) is 0 Å². The SMILES string of the molecule is COc1cc(/C=C(/Sc2ccc([N+](=O)[O-])cc2)C(=O)O)ccc1OC(F)F. The van der Waals surface area contributed by atoms with E-state index >= 15 is 0 Å². The molecule has 0 spiro atoms. The molecule has 0 bridgehead atoms. The molecule has 0 saturated heterocycles. The number of rotatable bonds is 8. The molecule has 27 heavy (non-hydrogen) atoms. The number of benzene rings is 2. The summed E-state index contributed by atoms with van der Waals surface area (Å²) < 4.78 is 34.0. The predicted molar refractivity (Wildman–Crippen MR) is 94.2 cm³/mol. The summed E-state index contributed by atoms with van der Waals surface area (Å²) in [6.07, 6.45) is 1.32. The first-order valence-corrected chi connectivity index (χ1v) is 8.12. The van der Waals surface area contributed by atoms with Crippen LogP contribution < -0.4 is 9.47 Å². The van der Waals surface area contributed by atoms with E-state index in [4.69, 9.17) is 4.74 Å². The van der Waals surface area contributed by atoms with Gasteiger partial charge < -0.3 is 14.6 Å². The van der Waals surface area contributed by atoms with Crippen molar-refractivity contribution in [3.63, 3.8) is 0 Å². The quantitative estimate of drug-likeness (QED) is 0.305. The zero-order valence-electron chi connectivity index (χ0n) is 13.8. The maximum Gasteiger partial charge on any atom is 0.387 e. The van der Waals surface area contributed by atoms with Crippen molar-refractivity contribution in [2.45, 2.75) is 11.5 Å². The Bertz CT molecular complexity index is 870. The monoisotopic (exact) mass is 397 g/mol. The van der Waals surface area contributed by atoms with Crippen molar-refractivity contribution >= 4 is 29.5 Å². The number of methoxy groups -OCH3 is 1. The number of nitro benzene ring substituents is 1. The Balaban J connectivity index is 2.29. The molecule has 142 valence electrons. The van der Waals surface area contributed by atoms with Crippen molar-refractivity contribution in [3.05, 3.63) is 63.0 Å². The molecule has 0 fully saturated rings. The lowest BCUT2D eigenvalue weighted by atomic mass is 10.2. The molecule has 0 atom stereocenters. The molecular formula is C17H13F2NO6S. The van der Waals surface area contributed by atoms with E-state index in [2.05, 4.69) is 4.74 Å². The lowest BCUT2D eigenvalue weighted by Gasteiger charge is -2.10. The summed E-state index contributed by atoms with van der Waals surface area (Å²) in [6, 6.07) is 9.39. The molecule has 0 aliphatic carbocycles. The van der Waals surface area contributed by atoms with Crippen molar-refractivity contribution in [2.24, 2.45) is 0 Å². The number of nitrogens with zero attached hydrogens (tertiary/aromatic N) is 1. The van der Waals surface area contributed by atoms with E-state index in [1.165, 1.54) is 55.7 Å². The highest BCUT2D eigenvalue weighted by atomic mass is 32.2. The van der Waals surface area contributed by atoms with Crippen LogP contribution in [0.5, 0.6) is 11.5 Å². The minimum atomic E-state index is -3.02. The molecule has 0 heterocycles. The molecule has 0 amide bonds. The zero-order chi connectivity index (χ0) is 20.0. The van der Waals surface area contributed by atoms with Crippen LogP contribution in [0.25, 0.3) is 6.08 Å². The molecule has 2 rings (SSSR count). The lowest BCUT2D eigenvalue weighted by Crippen LogP contribution is -2.03. The Morgan fingerprint density at radius 2 is 1.89 bits per heavy atom. The molecule has 0 unspecified atom stereocenters. The normalized spacial score (nSPS) is 11.3. The van der Waals surface area contributed by atoms with Gasteiger partial charge in [0.25, 0.3) is 5.69 Å². The molecule has 10 heteroatoms. The van der Waals surface area contributed by atoms with Crippen LogP contribution in [0.2, 0.25) is 0 Å². The van der Waals surface area contributed by atoms with Gasteiger partial charge >= 0.3 is 12.6 Å². The van der Waals surface area contributed by atoms with Gasteiger partial charge in [-0.2, -0.15) is 8.78 Å². The molecular weight excluding hydrogens is 384 g/mol. The van der Waals surface area contributed by atoms with Gasteiger partial charge in [0, 0.05) is 17.0 Å². The van der Waals surface area contributed by atoms with E-state index in [0.717, 1.165) is 11.8 Å². The van der Waals surface area contributed by atoms with Gasteiger partial charge in [0.2, 0.25) is 0 Å². The minimum absolute atomic E-state index is 0.0223. The molecule has 0 saturated carbocycles. The maximum atomic E-state index is 12.4. The molecule has 2 aromatic rings. The second-order valence-electron chi connectivity index (χ2n) is 4.96. The number of nitro groups is 1. The Morgan fingerprint density at radius 1 is 1.22 bits per heavy atom. The smallest absolute Gasteiger partial charge is 0.387 e. The molecule has 0 radical (unpaired) electrons. The van der Waals surface area contributed by atoms with E-state index in [-0.39, 0.29) is 22.1 Å². The van der Waals surface area contributed by atoms with E-state index in [0.29, 0.717) is 10.5 Å². The largest absolute Gasteiger partial charge is 0.493 e. The van der Waals surface area contributed by atoms with Crippen molar-refractivity contribution in [1.29, 1.82) is 0 Å². The summed E-state index contributed by atoms with van der Waals surface area (Å²) in [6.45, 7) is -3.02.